The van der Waals surface area contributed by atoms with E-state index in [1.165, 1.54) is 0 Å². The van der Waals surface area contributed by atoms with E-state index in [9.17, 15) is 5.11 Å². The summed E-state index contributed by atoms with van der Waals surface area (Å²) in [6.45, 7) is 6.51. The van der Waals surface area contributed by atoms with Gasteiger partial charge in [0.2, 0.25) is 0 Å². The molecule has 0 aliphatic heterocycles. The van der Waals surface area contributed by atoms with Crippen molar-refractivity contribution in [3.05, 3.63) is 35.8 Å². The van der Waals surface area contributed by atoms with Gasteiger partial charge in [0.05, 0.1) is 6.54 Å². The van der Waals surface area contributed by atoms with Crippen LogP contribution in [0, 0.1) is 6.92 Å². The van der Waals surface area contributed by atoms with Crippen molar-refractivity contribution in [3.63, 3.8) is 0 Å². The molecule has 2 heterocycles. The Bertz CT molecular complexity index is 534. The SMILES string of the molecule is Cc1ccc(O)c(CNc2ccn(C(C)C)n2)n1. The minimum atomic E-state index is 0.205. The molecule has 2 aromatic heterocycles. The fourth-order valence-electron chi connectivity index (χ4n) is 1.63. The van der Waals surface area contributed by atoms with Crippen LogP contribution in [-0.4, -0.2) is 19.9 Å². The van der Waals surface area contributed by atoms with Crippen molar-refractivity contribution in [2.24, 2.45) is 0 Å². The summed E-state index contributed by atoms with van der Waals surface area (Å²) in [5.41, 5.74) is 1.52. The zero-order valence-corrected chi connectivity index (χ0v) is 10.9. The van der Waals surface area contributed by atoms with E-state index >= 15 is 0 Å². The first kappa shape index (κ1) is 12.4. The first-order chi connectivity index (χ1) is 8.56. The third-order valence-corrected chi connectivity index (χ3v) is 2.66. The van der Waals surface area contributed by atoms with Crippen LogP contribution in [0.3, 0.4) is 0 Å². The quantitative estimate of drug-likeness (QED) is 0.870. The number of nitrogens with zero attached hydrogens (tertiary/aromatic N) is 3. The van der Waals surface area contributed by atoms with Crippen LogP contribution >= 0.6 is 0 Å². The Hall–Kier alpha value is -2.04. The highest BCUT2D eigenvalue weighted by Gasteiger charge is 2.05. The summed E-state index contributed by atoms with van der Waals surface area (Å²) in [6, 6.07) is 5.69. The summed E-state index contributed by atoms with van der Waals surface area (Å²) in [5, 5.41) is 17.2. The van der Waals surface area contributed by atoms with Crippen molar-refractivity contribution >= 4 is 5.82 Å². The molecule has 5 nitrogen and oxygen atoms in total. The third kappa shape index (κ3) is 2.80. The van der Waals surface area contributed by atoms with Crippen LogP contribution in [0.4, 0.5) is 5.82 Å². The Morgan fingerprint density at radius 3 is 2.78 bits per heavy atom. The highest BCUT2D eigenvalue weighted by atomic mass is 16.3. The van der Waals surface area contributed by atoms with Crippen molar-refractivity contribution in [2.75, 3.05) is 5.32 Å². The Labute approximate surface area is 106 Å². The van der Waals surface area contributed by atoms with Crippen LogP contribution in [0.15, 0.2) is 24.4 Å². The predicted octanol–water partition coefficient (Wildman–Crippen LogP) is 2.49. The summed E-state index contributed by atoms with van der Waals surface area (Å²) in [7, 11) is 0. The Morgan fingerprint density at radius 2 is 2.11 bits per heavy atom. The van der Waals surface area contributed by atoms with Gasteiger partial charge in [-0.3, -0.25) is 9.67 Å². The summed E-state index contributed by atoms with van der Waals surface area (Å²) in [4.78, 5) is 4.28. The van der Waals surface area contributed by atoms with E-state index < -0.39 is 0 Å². The van der Waals surface area contributed by atoms with Crippen LogP contribution in [0.1, 0.15) is 31.3 Å². The van der Waals surface area contributed by atoms with Crippen molar-refractivity contribution < 1.29 is 5.11 Å². The molecule has 96 valence electrons. The molecule has 0 amide bonds. The average Bonchev–Trinajstić information content (AvgIpc) is 2.79. The third-order valence-electron chi connectivity index (χ3n) is 2.66. The van der Waals surface area contributed by atoms with E-state index in [1.807, 2.05) is 23.9 Å². The summed E-state index contributed by atoms with van der Waals surface area (Å²) in [5.74, 6) is 0.989. The van der Waals surface area contributed by atoms with Crippen LogP contribution in [-0.2, 0) is 6.54 Å². The zero-order chi connectivity index (χ0) is 13.1. The summed E-state index contributed by atoms with van der Waals surface area (Å²) >= 11 is 0. The normalized spacial score (nSPS) is 10.9. The molecule has 0 spiro atoms. The molecule has 2 N–H and O–H groups in total. The largest absolute Gasteiger partial charge is 0.506 e. The van der Waals surface area contributed by atoms with Gasteiger partial charge in [0.15, 0.2) is 0 Å². The molecule has 0 radical (unpaired) electrons. The van der Waals surface area contributed by atoms with Crippen LogP contribution in [0.2, 0.25) is 0 Å². The highest BCUT2D eigenvalue weighted by Crippen LogP contribution is 2.16. The van der Waals surface area contributed by atoms with E-state index in [-0.39, 0.29) is 5.75 Å². The first-order valence-electron chi connectivity index (χ1n) is 6.01. The summed E-state index contributed by atoms with van der Waals surface area (Å²) < 4.78 is 1.88. The van der Waals surface area contributed by atoms with Gasteiger partial charge in [0.25, 0.3) is 0 Å². The van der Waals surface area contributed by atoms with Gasteiger partial charge in [-0.15, -0.1) is 0 Å². The molecule has 0 fully saturated rings. The number of hydrogen-bond acceptors (Lipinski definition) is 4. The lowest BCUT2D eigenvalue weighted by Crippen LogP contribution is -2.05. The van der Waals surface area contributed by atoms with E-state index in [1.54, 1.807) is 12.1 Å². The molecule has 18 heavy (non-hydrogen) atoms. The van der Waals surface area contributed by atoms with E-state index in [2.05, 4.69) is 29.2 Å². The number of hydrogen-bond donors (Lipinski definition) is 2. The standard InChI is InChI=1S/C13H18N4O/c1-9(2)17-7-6-13(16-17)14-8-11-12(18)5-4-10(3)15-11/h4-7,9,18H,8H2,1-3H3,(H,14,16). The molecule has 0 saturated heterocycles. The van der Waals surface area contributed by atoms with Gasteiger partial charge in [-0.25, -0.2) is 0 Å². The minimum Gasteiger partial charge on any atom is -0.506 e. The summed E-state index contributed by atoms with van der Waals surface area (Å²) in [6.07, 6.45) is 1.93. The second kappa shape index (κ2) is 5.08. The van der Waals surface area contributed by atoms with Gasteiger partial charge < -0.3 is 10.4 Å². The molecule has 0 unspecified atom stereocenters. The number of aryl methyl sites for hydroxylation is 1. The van der Waals surface area contributed by atoms with Crippen LogP contribution in [0.25, 0.3) is 0 Å². The average molecular weight is 246 g/mol. The number of pyridine rings is 1. The van der Waals surface area contributed by atoms with Crippen molar-refractivity contribution in [1.82, 2.24) is 14.8 Å². The monoisotopic (exact) mass is 246 g/mol. The molecular weight excluding hydrogens is 228 g/mol. The first-order valence-corrected chi connectivity index (χ1v) is 6.01. The maximum atomic E-state index is 9.68. The van der Waals surface area contributed by atoms with Gasteiger partial charge in [-0.05, 0) is 32.9 Å². The second-order valence-electron chi connectivity index (χ2n) is 4.55. The highest BCUT2D eigenvalue weighted by molar-refractivity contribution is 5.36. The molecule has 0 aliphatic rings. The van der Waals surface area contributed by atoms with Gasteiger partial charge >= 0.3 is 0 Å². The Balaban J connectivity index is 2.04. The van der Waals surface area contributed by atoms with Gasteiger partial charge in [-0.1, -0.05) is 0 Å². The lowest BCUT2D eigenvalue weighted by atomic mass is 10.3. The smallest absolute Gasteiger partial charge is 0.148 e. The molecule has 2 rings (SSSR count). The lowest BCUT2D eigenvalue weighted by molar-refractivity contribution is 0.464. The van der Waals surface area contributed by atoms with E-state index in [0.29, 0.717) is 18.3 Å². The van der Waals surface area contributed by atoms with Gasteiger partial charge in [0.1, 0.15) is 17.3 Å². The minimum absolute atomic E-state index is 0.205. The van der Waals surface area contributed by atoms with Gasteiger partial charge in [-0.2, -0.15) is 5.10 Å². The molecule has 0 saturated carbocycles. The topological polar surface area (TPSA) is 63.0 Å². The number of aromatic hydroxyl groups is 1. The molecule has 0 aliphatic carbocycles. The predicted molar refractivity (Wildman–Crippen MR) is 70.6 cm³/mol. The molecule has 2 aromatic rings. The number of aromatic nitrogens is 3. The zero-order valence-electron chi connectivity index (χ0n) is 10.9. The molecule has 5 heteroatoms. The van der Waals surface area contributed by atoms with Crippen molar-refractivity contribution in [1.29, 1.82) is 0 Å². The Morgan fingerprint density at radius 1 is 1.33 bits per heavy atom. The maximum absolute atomic E-state index is 9.68. The van der Waals surface area contributed by atoms with E-state index in [4.69, 9.17) is 0 Å². The van der Waals surface area contributed by atoms with E-state index in [0.717, 1.165) is 11.5 Å². The molecule has 0 aromatic carbocycles. The van der Waals surface area contributed by atoms with Gasteiger partial charge in [0, 0.05) is 24.0 Å². The van der Waals surface area contributed by atoms with Crippen LogP contribution < -0.4 is 5.32 Å². The van der Waals surface area contributed by atoms with Crippen molar-refractivity contribution in [2.45, 2.75) is 33.4 Å². The molecule has 0 bridgehead atoms. The molecule has 0 atom stereocenters. The lowest BCUT2D eigenvalue weighted by Gasteiger charge is -2.07. The second-order valence-corrected chi connectivity index (χ2v) is 4.55. The number of nitrogens with one attached hydrogen (secondary N) is 1. The number of rotatable bonds is 4. The number of anilines is 1. The fourth-order valence-corrected chi connectivity index (χ4v) is 1.63. The maximum Gasteiger partial charge on any atom is 0.148 e. The van der Waals surface area contributed by atoms with Crippen LogP contribution in [0.5, 0.6) is 5.75 Å². The fraction of sp³-hybridized carbons (Fsp3) is 0.385. The molecular formula is C13H18N4O. The van der Waals surface area contributed by atoms with Crippen molar-refractivity contribution in [3.8, 4) is 5.75 Å². The Kier molecular flexibility index (Phi) is 3.50.